The molecule has 7 heteroatoms. The number of rotatable bonds is 5. The van der Waals surface area contributed by atoms with E-state index in [4.69, 9.17) is 0 Å². The fraction of sp³-hybridized carbons (Fsp3) is 0.611. The van der Waals surface area contributed by atoms with Crippen LogP contribution in [0.3, 0.4) is 0 Å². The SMILES string of the molecule is CCS(=O)(=O)N1CC2(C1)[C@H](c1ccccc1)[C@@H](CO)N2C(=O)C1CC1. The molecule has 4 rings (SSSR count). The summed E-state index contributed by atoms with van der Waals surface area (Å²) < 4.78 is 25.9. The largest absolute Gasteiger partial charge is 0.394 e. The van der Waals surface area contributed by atoms with Crippen LogP contribution in [0.15, 0.2) is 30.3 Å². The molecule has 2 heterocycles. The van der Waals surface area contributed by atoms with E-state index in [0.29, 0.717) is 13.1 Å². The molecular formula is C18H24N2O4S. The van der Waals surface area contributed by atoms with E-state index >= 15 is 0 Å². The molecule has 1 saturated carbocycles. The van der Waals surface area contributed by atoms with E-state index in [2.05, 4.69) is 0 Å². The second-order valence-electron chi connectivity index (χ2n) is 7.39. The van der Waals surface area contributed by atoms with Crippen molar-refractivity contribution in [2.45, 2.75) is 37.3 Å². The van der Waals surface area contributed by atoms with Crippen molar-refractivity contribution in [2.75, 3.05) is 25.4 Å². The highest BCUT2D eigenvalue weighted by atomic mass is 32.2. The van der Waals surface area contributed by atoms with Gasteiger partial charge in [-0.1, -0.05) is 30.3 Å². The van der Waals surface area contributed by atoms with Crippen LogP contribution in [0.4, 0.5) is 0 Å². The third kappa shape index (κ3) is 2.44. The van der Waals surface area contributed by atoms with Gasteiger partial charge < -0.3 is 10.0 Å². The van der Waals surface area contributed by atoms with Crippen molar-refractivity contribution in [3.8, 4) is 0 Å². The number of sulfonamides is 1. The number of carbonyl (C=O) groups excluding carboxylic acids is 1. The third-order valence-electron chi connectivity index (χ3n) is 5.94. The van der Waals surface area contributed by atoms with Crippen LogP contribution in [0, 0.1) is 5.92 Å². The molecule has 136 valence electrons. The van der Waals surface area contributed by atoms with Gasteiger partial charge in [0.2, 0.25) is 15.9 Å². The van der Waals surface area contributed by atoms with E-state index in [1.165, 1.54) is 4.31 Å². The monoisotopic (exact) mass is 364 g/mol. The zero-order valence-electron chi connectivity index (χ0n) is 14.3. The van der Waals surface area contributed by atoms with Gasteiger partial charge in [0, 0.05) is 24.9 Å². The Kier molecular flexibility index (Phi) is 3.94. The van der Waals surface area contributed by atoms with Crippen LogP contribution < -0.4 is 0 Å². The second-order valence-corrected chi connectivity index (χ2v) is 9.65. The topological polar surface area (TPSA) is 77.9 Å². The second kappa shape index (κ2) is 5.79. The van der Waals surface area contributed by atoms with Crippen molar-refractivity contribution in [2.24, 2.45) is 5.92 Å². The zero-order valence-corrected chi connectivity index (χ0v) is 15.2. The molecule has 2 atom stereocenters. The van der Waals surface area contributed by atoms with E-state index in [9.17, 15) is 18.3 Å². The number of hydrogen-bond acceptors (Lipinski definition) is 4. The number of carbonyl (C=O) groups is 1. The first-order valence-corrected chi connectivity index (χ1v) is 10.5. The lowest BCUT2D eigenvalue weighted by Crippen LogP contribution is -2.86. The van der Waals surface area contributed by atoms with Gasteiger partial charge in [0.15, 0.2) is 0 Å². The molecule has 0 unspecified atom stereocenters. The van der Waals surface area contributed by atoms with E-state index in [-0.39, 0.29) is 36.1 Å². The first-order chi connectivity index (χ1) is 11.9. The highest BCUT2D eigenvalue weighted by Crippen LogP contribution is 2.56. The molecule has 0 aromatic heterocycles. The summed E-state index contributed by atoms with van der Waals surface area (Å²) >= 11 is 0. The summed E-state index contributed by atoms with van der Waals surface area (Å²) in [6.07, 6.45) is 1.80. The standard InChI is InChI=1S/C18H24N2O4S/c1-2-25(23,24)19-11-18(12-19)16(13-6-4-3-5-7-13)15(10-21)20(18)17(22)14-8-9-14/h3-7,14-16,21H,2,8-12H2,1H3/t15-,16-/m1/s1. The molecule has 1 spiro atoms. The van der Waals surface area contributed by atoms with Gasteiger partial charge in [-0.2, -0.15) is 4.31 Å². The first kappa shape index (κ1) is 17.0. The Morgan fingerprint density at radius 2 is 1.88 bits per heavy atom. The molecule has 3 fully saturated rings. The predicted molar refractivity (Wildman–Crippen MR) is 93.4 cm³/mol. The van der Waals surface area contributed by atoms with Gasteiger partial charge >= 0.3 is 0 Å². The molecule has 6 nitrogen and oxygen atoms in total. The van der Waals surface area contributed by atoms with Crippen molar-refractivity contribution in [1.82, 2.24) is 9.21 Å². The number of hydrogen-bond donors (Lipinski definition) is 1. The quantitative estimate of drug-likeness (QED) is 0.838. The molecule has 0 bridgehead atoms. The third-order valence-corrected chi connectivity index (χ3v) is 7.72. The molecule has 25 heavy (non-hydrogen) atoms. The summed E-state index contributed by atoms with van der Waals surface area (Å²) in [5.74, 6) is 0.183. The van der Waals surface area contributed by atoms with Crippen molar-refractivity contribution < 1.29 is 18.3 Å². The average molecular weight is 364 g/mol. The fourth-order valence-electron chi connectivity index (χ4n) is 4.49. The maximum Gasteiger partial charge on any atom is 0.226 e. The molecule has 1 amide bonds. The van der Waals surface area contributed by atoms with Crippen LogP contribution >= 0.6 is 0 Å². The Morgan fingerprint density at radius 1 is 1.24 bits per heavy atom. The van der Waals surface area contributed by atoms with Crippen LogP contribution in [0.5, 0.6) is 0 Å². The number of aliphatic hydroxyl groups excluding tert-OH is 1. The minimum atomic E-state index is -3.26. The maximum absolute atomic E-state index is 12.8. The molecule has 3 aliphatic rings. The number of aliphatic hydroxyl groups is 1. The Hall–Kier alpha value is -1.44. The first-order valence-electron chi connectivity index (χ1n) is 8.91. The smallest absolute Gasteiger partial charge is 0.226 e. The Labute approximate surface area is 148 Å². The van der Waals surface area contributed by atoms with Crippen LogP contribution in [0.1, 0.15) is 31.2 Å². The fourth-order valence-corrected chi connectivity index (χ4v) is 5.69. The highest BCUT2D eigenvalue weighted by molar-refractivity contribution is 7.89. The minimum absolute atomic E-state index is 0.0234. The molecule has 1 aromatic carbocycles. The van der Waals surface area contributed by atoms with Gasteiger partial charge in [0.05, 0.1) is 23.9 Å². The molecule has 1 N–H and O–H groups in total. The van der Waals surface area contributed by atoms with Gasteiger partial charge in [-0.15, -0.1) is 0 Å². The minimum Gasteiger partial charge on any atom is -0.394 e. The van der Waals surface area contributed by atoms with E-state index in [0.717, 1.165) is 18.4 Å². The van der Waals surface area contributed by atoms with E-state index in [1.807, 2.05) is 35.2 Å². The lowest BCUT2D eigenvalue weighted by molar-refractivity contribution is -0.190. The highest BCUT2D eigenvalue weighted by Gasteiger charge is 2.69. The summed E-state index contributed by atoms with van der Waals surface area (Å²) in [7, 11) is -3.26. The van der Waals surface area contributed by atoms with Crippen molar-refractivity contribution >= 4 is 15.9 Å². The van der Waals surface area contributed by atoms with Crippen LogP contribution in [-0.2, 0) is 14.8 Å². The maximum atomic E-state index is 12.8. The van der Waals surface area contributed by atoms with Crippen molar-refractivity contribution in [1.29, 1.82) is 0 Å². The normalized spacial score (nSPS) is 28.5. The number of nitrogens with zero attached hydrogens (tertiary/aromatic N) is 2. The number of benzene rings is 1. The summed E-state index contributed by atoms with van der Waals surface area (Å²) in [5, 5.41) is 9.94. The average Bonchev–Trinajstić information content (AvgIpc) is 3.38. The number of amides is 1. The van der Waals surface area contributed by atoms with E-state index in [1.54, 1.807) is 6.92 Å². The van der Waals surface area contributed by atoms with Crippen molar-refractivity contribution in [3.05, 3.63) is 35.9 Å². The van der Waals surface area contributed by atoms with Gasteiger partial charge in [-0.3, -0.25) is 4.79 Å². The molecule has 2 aliphatic heterocycles. The molecular weight excluding hydrogens is 340 g/mol. The Bertz CT molecular complexity index is 770. The summed E-state index contributed by atoms with van der Waals surface area (Å²) in [5.41, 5.74) is 0.561. The van der Waals surface area contributed by atoms with Gasteiger partial charge in [-0.05, 0) is 25.3 Å². The molecule has 1 aliphatic carbocycles. The van der Waals surface area contributed by atoms with Crippen molar-refractivity contribution in [3.63, 3.8) is 0 Å². The zero-order chi connectivity index (χ0) is 17.8. The lowest BCUT2D eigenvalue weighted by Gasteiger charge is -2.70. The van der Waals surface area contributed by atoms with E-state index < -0.39 is 15.6 Å². The summed E-state index contributed by atoms with van der Waals surface area (Å²) in [4.78, 5) is 14.6. The van der Waals surface area contributed by atoms with Gasteiger partial charge in [0.25, 0.3) is 0 Å². The summed E-state index contributed by atoms with van der Waals surface area (Å²) in [6.45, 7) is 2.20. The predicted octanol–water partition coefficient (Wildman–Crippen LogP) is 0.787. The molecule has 2 saturated heterocycles. The molecule has 0 radical (unpaired) electrons. The van der Waals surface area contributed by atoms with Gasteiger partial charge in [-0.25, -0.2) is 8.42 Å². The number of likely N-dealkylation sites (tertiary alicyclic amines) is 1. The van der Waals surface area contributed by atoms with Crippen LogP contribution in [-0.4, -0.2) is 65.7 Å². The Morgan fingerprint density at radius 3 is 2.40 bits per heavy atom. The lowest BCUT2D eigenvalue weighted by atomic mass is 9.61. The summed E-state index contributed by atoms with van der Waals surface area (Å²) in [6, 6.07) is 9.58. The Balaban J connectivity index is 1.67. The van der Waals surface area contributed by atoms with Crippen LogP contribution in [0.25, 0.3) is 0 Å². The van der Waals surface area contributed by atoms with Crippen LogP contribution in [0.2, 0.25) is 0 Å². The van der Waals surface area contributed by atoms with Gasteiger partial charge in [0.1, 0.15) is 0 Å². The molecule has 1 aromatic rings.